The molecule has 0 spiro atoms. The van der Waals surface area contributed by atoms with Crippen LogP contribution in [0.4, 0.5) is 5.69 Å². The number of rotatable bonds is 6. The standard InChI is InChI=1S/C24H33N3O5/c1-26-6-8-27(9-7-26)23(30)13-17-12-19-18-11-16(25-22(29)10-15-2-3-15)4-5-20(18)32-24(19)21(14-28)31-17/h4-5,11,15,17,19,21,24,28H,2-3,6-10,12-14H2,1H3,(H,25,29)/t17-,19-,21-,24+/m0/s1. The number of carbonyl (C=O) groups is 2. The topological polar surface area (TPSA) is 91.3 Å². The predicted octanol–water partition coefficient (Wildman–Crippen LogP) is 1.58. The number of hydrogen-bond donors (Lipinski definition) is 2. The van der Waals surface area contributed by atoms with Crippen LogP contribution in [-0.4, -0.2) is 84.9 Å². The summed E-state index contributed by atoms with van der Waals surface area (Å²) in [5.74, 6) is 1.50. The largest absolute Gasteiger partial charge is 0.487 e. The van der Waals surface area contributed by atoms with Crippen molar-refractivity contribution >= 4 is 17.5 Å². The number of fused-ring (bicyclic) bond motifs is 3. The molecule has 0 aromatic heterocycles. The van der Waals surface area contributed by atoms with Crippen molar-refractivity contribution in [2.75, 3.05) is 45.2 Å². The number of carbonyl (C=O) groups excluding carboxylic acids is 2. The molecule has 0 bridgehead atoms. The summed E-state index contributed by atoms with van der Waals surface area (Å²) in [6, 6.07) is 5.74. The third kappa shape index (κ3) is 4.63. The number of nitrogens with one attached hydrogen (secondary N) is 1. The molecule has 1 aromatic carbocycles. The summed E-state index contributed by atoms with van der Waals surface area (Å²) >= 11 is 0. The molecule has 4 atom stereocenters. The number of anilines is 1. The van der Waals surface area contributed by atoms with Gasteiger partial charge in [-0.05, 0) is 50.4 Å². The molecule has 0 radical (unpaired) electrons. The maximum atomic E-state index is 12.9. The third-order valence-corrected chi connectivity index (χ3v) is 7.21. The van der Waals surface area contributed by atoms with Crippen LogP contribution in [-0.2, 0) is 14.3 Å². The van der Waals surface area contributed by atoms with E-state index in [0.29, 0.717) is 25.2 Å². The molecule has 3 fully saturated rings. The summed E-state index contributed by atoms with van der Waals surface area (Å²) in [6.07, 6.45) is 2.84. The van der Waals surface area contributed by atoms with Gasteiger partial charge in [0.15, 0.2) is 0 Å². The number of piperazine rings is 1. The van der Waals surface area contributed by atoms with Crippen molar-refractivity contribution in [3.8, 4) is 5.75 Å². The van der Waals surface area contributed by atoms with Gasteiger partial charge in [0.25, 0.3) is 0 Å². The fraction of sp³-hybridized carbons (Fsp3) is 0.667. The van der Waals surface area contributed by atoms with Gasteiger partial charge in [-0.2, -0.15) is 0 Å². The number of nitrogens with zero attached hydrogens (tertiary/aromatic N) is 2. The van der Waals surface area contributed by atoms with E-state index in [1.807, 2.05) is 23.1 Å². The van der Waals surface area contributed by atoms with Gasteiger partial charge in [-0.15, -0.1) is 0 Å². The number of amides is 2. The summed E-state index contributed by atoms with van der Waals surface area (Å²) in [7, 11) is 2.07. The van der Waals surface area contributed by atoms with Crippen molar-refractivity contribution in [2.45, 2.75) is 56.3 Å². The average Bonchev–Trinajstić information content (AvgIpc) is 3.52. The van der Waals surface area contributed by atoms with Gasteiger partial charge in [0.05, 0.1) is 19.1 Å². The fourth-order valence-electron chi connectivity index (χ4n) is 5.14. The van der Waals surface area contributed by atoms with Crippen LogP contribution in [0.5, 0.6) is 5.75 Å². The highest BCUT2D eigenvalue weighted by Gasteiger charge is 2.46. The van der Waals surface area contributed by atoms with E-state index < -0.39 is 6.10 Å². The predicted molar refractivity (Wildman–Crippen MR) is 119 cm³/mol. The Kier molecular flexibility index (Phi) is 6.09. The average molecular weight is 444 g/mol. The normalized spacial score (nSPS) is 29.8. The van der Waals surface area contributed by atoms with Gasteiger partial charge in [-0.3, -0.25) is 9.59 Å². The second-order valence-electron chi connectivity index (χ2n) is 9.74. The lowest BCUT2D eigenvalue weighted by Gasteiger charge is -2.38. The minimum absolute atomic E-state index is 0.0291. The Bertz CT molecular complexity index is 865. The van der Waals surface area contributed by atoms with Crippen LogP contribution in [0.15, 0.2) is 18.2 Å². The maximum Gasteiger partial charge on any atom is 0.225 e. The molecular formula is C24H33N3O5. The zero-order valence-corrected chi connectivity index (χ0v) is 18.7. The number of benzene rings is 1. The lowest BCUT2D eigenvalue weighted by molar-refractivity contribution is -0.150. The first-order valence-electron chi connectivity index (χ1n) is 11.8. The van der Waals surface area contributed by atoms with E-state index in [4.69, 9.17) is 9.47 Å². The minimum atomic E-state index is -0.473. The quantitative estimate of drug-likeness (QED) is 0.694. The zero-order chi connectivity index (χ0) is 22.2. The van der Waals surface area contributed by atoms with E-state index in [2.05, 4.69) is 17.3 Å². The Morgan fingerprint density at radius 3 is 2.66 bits per heavy atom. The van der Waals surface area contributed by atoms with Crippen molar-refractivity contribution in [1.29, 1.82) is 0 Å². The minimum Gasteiger partial charge on any atom is -0.487 e. The Morgan fingerprint density at radius 2 is 1.94 bits per heavy atom. The Balaban J connectivity index is 1.27. The van der Waals surface area contributed by atoms with Crippen LogP contribution >= 0.6 is 0 Å². The van der Waals surface area contributed by atoms with Gasteiger partial charge >= 0.3 is 0 Å². The second kappa shape index (κ2) is 9.00. The van der Waals surface area contributed by atoms with Crippen LogP contribution in [0, 0.1) is 5.92 Å². The molecule has 5 rings (SSSR count). The first-order valence-corrected chi connectivity index (χ1v) is 11.8. The molecule has 3 aliphatic heterocycles. The second-order valence-corrected chi connectivity index (χ2v) is 9.74. The van der Waals surface area contributed by atoms with Crippen LogP contribution in [0.3, 0.4) is 0 Å². The molecule has 1 saturated carbocycles. The summed E-state index contributed by atoms with van der Waals surface area (Å²) in [6.45, 7) is 3.11. The molecule has 3 heterocycles. The molecule has 1 aliphatic carbocycles. The Morgan fingerprint density at radius 1 is 1.16 bits per heavy atom. The van der Waals surface area contributed by atoms with E-state index in [1.165, 1.54) is 0 Å². The van der Waals surface area contributed by atoms with Gasteiger partial charge in [0.1, 0.15) is 18.0 Å². The van der Waals surface area contributed by atoms with Crippen molar-refractivity contribution in [1.82, 2.24) is 9.80 Å². The number of hydrogen-bond acceptors (Lipinski definition) is 6. The summed E-state index contributed by atoms with van der Waals surface area (Å²) < 4.78 is 12.2. The third-order valence-electron chi connectivity index (χ3n) is 7.21. The van der Waals surface area contributed by atoms with E-state index >= 15 is 0 Å². The highest BCUT2D eigenvalue weighted by Crippen LogP contribution is 2.47. The van der Waals surface area contributed by atoms with Crippen LogP contribution < -0.4 is 10.1 Å². The van der Waals surface area contributed by atoms with Gasteiger partial charge in [0, 0.05) is 49.8 Å². The molecule has 2 saturated heterocycles. The van der Waals surface area contributed by atoms with Crippen molar-refractivity contribution in [3.63, 3.8) is 0 Å². The van der Waals surface area contributed by atoms with E-state index in [-0.39, 0.29) is 36.5 Å². The number of likely N-dealkylation sites (N-methyl/N-ethyl adjacent to an activating group) is 1. The molecule has 32 heavy (non-hydrogen) atoms. The number of ether oxygens (including phenoxy) is 2. The summed E-state index contributed by atoms with van der Waals surface area (Å²) in [4.78, 5) is 29.2. The van der Waals surface area contributed by atoms with Crippen molar-refractivity contribution in [2.24, 2.45) is 5.92 Å². The first kappa shape index (κ1) is 21.7. The highest BCUT2D eigenvalue weighted by atomic mass is 16.6. The van der Waals surface area contributed by atoms with Crippen molar-refractivity contribution < 1.29 is 24.2 Å². The summed E-state index contributed by atoms with van der Waals surface area (Å²) in [5, 5.41) is 13.0. The lowest BCUT2D eigenvalue weighted by Crippen LogP contribution is -2.50. The molecule has 2 N–H and O–H groups in total. The van der Waals surface area contributed by atoms with E-state index in [1.54, 1.807) is 0 Å². The highest BCUT2D eigenvalue weighted by molar-refractivity contribution is 5.91. The lowest BCUT2D eigenvalue weighted by atomic mass is 9.84. The smallest absolute Gasteiger partial charge is 0.225 e. The molecule has 1 aromatic rings. The van der Waals surface area contributed by atoms with Gasteiger partial charge in [0.2, 0.25) is 11.8 Å². The summed E-state index contributed by atoms with van der Waals surface area (Å²) in [5.41, 5.74) is 1.80. The molecule has 8 nitrogen and oxygen atoms in total. The molecule has 2 amide bonds. The Labute approximate surface area is 188 Å². The number of aliphatic hydroxyl groups is 1. The molecule has 174 valence electrons. The Hall–Kier alpha value is -2.16. The van der Waals surface area contributed by atoms with Gasteiger partial charge < -0.3 is 29.7 Å². The molecular weight excluding hydrogens is 410 g/mol. The van der Waals surface area contributed by atoms with Crippen LogP contribution in [0.2, 0.25) is 0 Å². The zero-order valence-electron chi connectivity index (χ0n) is 18.7. The van der Waals surface area contributed by atoms with Gasteiger partial charge in [-0.25, -0.2) is 0 Å². The molecule has 8 heteroatoms. The monoisotopic (exact) mass is 443 g/mol. The molecule has 4 aliphatic rings. The van der Waals surface area contributed by atoms with E-state index in [9.17, 15) is 14.7 Å². The van der Waals surface area contributed by atoms with Crippen molar-refractivity contribution in [3.05, 3.63) is 23.8 Å². The SMILES string of the molecule is CN1CCN(C(=O)C[C@@H]2C[C@H]3c4cc(NC(=O)CC5CC5)ccc4O[C@H]3[C@H](CO)O2)CC1. The van der Waals surface area contributed by atoms with Crippen LogP contribution in [0.25, 0.3) is 0 Å². The maximum absolute atomic E-state index is 12.9. The van der Waals surface area contributed by atoms with Crippen LogP contribution in [0.1, 0.15) is 43.6 Å². The van der Waals surface area contributed by atoms with Gasteiger partial charge in [-0.1, -0.05) is 0 Å². The first-order chi connectivity index (χ1) is 15.5. The fourth-order valence-corrected chi connectivity index (χ4v) is 5.14. The van der Waals surface area contributed by atoms with E-state index in [0.717, 1.165) is 56.0 Å². The number of aliphatic hydroxyl groups excluding tert-OH is 1. The molecule has 0 unspecified atom stereocenters.